The number of benzene rings is 2. The third-order valence-corrected chi connectivity index (χ3v) is 3.48. The van der Waals surface area contributed by atoms with Crippen LogP contribution in [0.2, 0.25) is 0 Å². The number of carbonyl (C=O) groups is 1. The van der Waals surface area contributed by atoms with Gasteiger partial charge in [0.25, 0.3) is 5.69 Å². The van der Waals surface area contributed by atoms with Crippen LogP contribution in [0.25, 0.3) is 6.08 Å². The van der Waals surface area contributed by atoms with E-state index in [9.17, 15) is 23.7 Å². The van der Waals surface area contributed by atoms with Gasteiger partial charge in [0, 0.05) is 17.8 Å². The van der Waals surface area contributed by atoms with E-state index in [0.29, 0.717) is 11.4 Å². The van der Waals surface area contributed by atoms with Gasteiger partial charge in [-0.15, -0.1) is 0 Å². The Balaban J connectivity index is 2.27. The van der Waals surface area contributed by atoms with E-state index in [1.54, 1.807) is 24.3 Å². The highest BCUT2D eigenvalue weighted by atomic mass is 19.3. The summed E-state index contributed by atoms with van der Waals surface area (Å²) in [4.78, 5) is 22.5. The van der Waals surface area contributed by atoms with Gasteiger partial charge in [-0.2, -0.15) is 8.78 Å². The highest BCUT2D eigenvalue weighted by Crippen LogP contribution is 2.36. The molecule has 0 atom stereocenters. The smallest absolute Gasteiger partial charge is 0.387 e. The van der Waals surface area contributed by atoms with Gasteiger partial charge in [0.1, 0.15) is 5.75 Å². The molecule has 0 aliphatic heterocycles. The van der Waals surface area contributed by atoms with Gasteiger partial charge in [0.15, 0.2) is 11.5 Å². The number of methoxy groups -OCH3 is 2. The first-order valence-electron chi connectivity index (χ1n) is 7.78. The molecule has 0 unspecified atom stereocenters. The zero-order valence-corrected chi connectivity index (χ0v) is 14.8. The second kappa shape index (κ2) is 9.31. The molecule has 28 heavy (non-hydrogen) atoms. The number of halogens is 2. The minimum absolute atomic E-state index is 0.0238. The second-order valence-electron chi connectivity index (χ2n) is 5.25. The van der Waals surface area contributed by atoms with E-state index in [-0.39, 0.29) is 11.3 Å². The predicted octanol–water partition coefficient (Wildman–Crippen LogP) is 3.87. The van der Waals surface area contributed by atoms with Gasteiger partial charge in [-0.25, -0.2) is 0 Å². The van der Waals surface area contributed by atoms with Crippen molar-refractivity contribution in [3.63, 3.8) is 0 Å². The third kappa shape index (κ3) is 5.40. The molecule has 148 valence electrons. The number of nitrogens with zero attached hydrogens (tertiary/aromatic N) is 1. The van der Waals surface area contributed by atoms with Crippen molar-refractivity contribution in [1.82, 2.24) is 0 Å². The topological polar surface area (TPSA) is 99.9 Å². The summed E-state index contributed by atoms with van der Waals surface area (Å²) >= 11 is 0. The van der Waals surface area contributed by atoms with Crippen molar-refractivity contribution in [3.8, 4) is 17.2 Å². The van der Waals surface area contributed by atoms with E-state index in [2.05, 4.69) is 10.1 Å². The van der Waals surface area contributed by atoms with Crippen LogP contribution in [0.5, 0.6) is 17.2 Å². The van der Waals surface area contributed by atoms with Gasteiger partial charge >= 0.3 is 6.61 Å². The molecule has 0 heterocycles. The maximum Gasteiger partial charge on any atom is 0.387 e. The van der Waals surface area contributed by atoms with E-state index in [4.69, 9.17) is 9.47 Å². The number of carbonyl (C=O) groups excluding carboxylic acids is 1. The van der Waals surface area contributed by atoms with Crippen molar-refractivity contribution in [2.24, 2.45) is 0 Å². The van der Waals surface area contributed by atoms with Crippen LogP contribution in [0.15, 0.2) is 42.5 Å². The van der Waals surface area contributed by atoms with Gasteiger partial charge in [-0.1, -0.05) is 6.07 Å². The molecule has 0 aliphatic rings. The number of ether oxygens (including phenoxy) is 3. The summed E-state index contributed by atoms with van der Waals surface area (Å²) in [6, 6.07) is 8.54. The van der Waals surface area contributed by atoms with E-state index in [1.807, 2.05) is 0 Å². The minimum Gasteiger partial charge on any atom is -0.497 e. The van der Waals surface area contributed by atoms with Gasteiger partial charge < -0.3 is 19.5 Å². The Morgan fingerprint density at radius 3 is 2.54 bits per heavy atom. The SMILES string of the molecule is COc1cccc(NC(=O)/C=C/c2cc(OC)c(OC(F)F)cc2[N+](=O)[O-])c1. The van der Waals surface area contributed by atoms with E-state index >= 15 is 0 Å². The molecule has 0 aliphatic carbocycles. The first-order valence-corrected chi connectivity index (χ1v) is 7.78. The van der Waals surface area contributed by atoms with Crippen LogP contribution >= 0.6 is 0 Å². The fourth-order valence-corrected chi connectivity index (χ4v) is 2.25. The summed E-state index contributed by atoms with van der Waals surface area (Å²) in [5.74, 6) is -0.646. The summed E-state index contributed by atoms with van der Waals surface area (Å²) < 4.78 is 39.1. The molecule has 0 aromatic heterocycles. The lowest BCUT2D eigenvalue weighted by Crippen LogP contribution is -2.08. The highest BCUT2D eigenvalue weighted by molar-refractivity contribution is 6.02. The fraction of sp³-hybridized carbons (Fsp3) is 0.167. The van der Waals surface area contributed by atoms with Crippen molar-refractivity contribution in [3.05, 3.63) is 58.2 Å². The lowest BCUT2D eigenvalue weighted by atomic mass is 10.1. The maximum absolute atomic E-state index is 12.5. The molecule has 0 saturated heterocycles. The quantitative estimate of drug-likeness (QED) is 0.415. The molecular weight excluding hydrogens is 378 g/mol. The average molecular weight is 394 g/mol. The van der Waals surface area contributed by atoms with Gasteiger partial charge in [0.05, 0.1) is 30.8 Å². The normalized spacial score (nSPS) is 10.8. The zero-order chi connectivity index (χ0) is 20.7. The Morgan fingerprint density at radius 1 is 1.18 bits per heavy atom. The van der Waals surface area contributed by atoms with Crippen LogP contribution in [0.1, 0.15) is 5.56 Å². The van der Waals surface area contributed by atoms with Gasteiger partial charge in [-0.3, -0.25) is 14.9 Å². The van der Waals surface area contributed by atoms with Crippen LogP contribution in [-0.4, -0.2) is 31.7 Å². The number of amides is 1. The zero-order valence-electron chi connectivity index (χ0n) is 14.8. The Morgan fingerprint density at radius 2 is 1.93 bits per heavy atom. The number of nitrogens with one attached hydrogen (secondary N) is 1. The number of anilines is 1. The molecule has 0 bridgehead atoms. The van der Waals surface area contributed by atoms with Crippen LogP contribution in [0.4, 0.5) is 20.2 Å². The van der Waals surface area contributed by atoms with Crippen molar-refractivity contribution in [2.75, 3.05) is 19.5 Å². The lowest BCUT2D eigenvalue weighted by molar-refractivity contribution is -0.385. The maximum atomic E-state index is 12.5. The first-order chi connectivity index (χ1) is 13.3. The van der Waals surface area contributed by atoms with Crippen molar-refractivity contribution >= 4 is 23.4 Å². The molecule has 0 spiro atoms. The number of hydrogen-bond acceptors (Lipinski definition) is 6. The van der Waals surface area contributed by atoms with Crippen LogP contribution < -0.4 is 19.5 Å². The van der Waals surface area contributed by atoms with Crippen molar-refractivity contribution in [1.29, 1.82) is 0 Å². The number of hydrogen-bond donors (Lipinski definition) is 1. The van der Waals surface area contributed by atoms with Crippen LogP contribution in [-0.2, 0) is 4.79 Å². The molecule has 2 aromatic carbocycles. The Bertz CT molecular complexity index is 902. The van der Waals surface area contributed by atoms with E-state index in [1.165, 1.54) is 20.3 Å². The molecule has 1 amide bonds. The molecule has 8 nitrogen and oxygen atoms in total. The number of alkyl halides is 2. The molecule has 2 rings (SSSR count). The highest BCUT2D eigenvalue weighted by Gasteiger charge is 2.20. The summed E-state index contributed by atoms with van der Waals surface area (Å²) in [6.45, 7) is -3.18. The number of rotatable bonds is 8. The summed E-state index contributed by atoms with van der Waals surface area (Å²) in [7, 11) is 2.68. The molecule has 1 N–H and O–H groups in total. The van der Waals surface area contributed by atoms with Crippen LogP contribution in [0.3, 0.4) is 0 Å². The minimum atomic E-state index is -3.18. The monoisotopic (exact) mass is 394 g/mol. The average Bonchev–Trinajstić information content (AvgIpc) is 2.66. The molecule has 10 heteroatoms. The summed E-state index contributed by atoms with van der Waals surface area (Å²) in [5, 5.41) is 13.8. The second-order valence-corrected chi connectivity index (χ2v) is 5.25. The largest absolute Gasteiger partial charge is 0.497 e. The number of nitro groups is 1. The van der Waals surface area contributed by atoms with Crippen molar-refractivity contribution < 1.29 is 32.7 Å². The Labute approximate surface area is 158 Å². The van der Waals surface area contributed by atoms with Gasteiger partial charge in [0.2, 0.25) is 5.91 Å². The standard InChI is InChI=1S/C18H16F2N2O6/c1-26-13-5-3-4-12(9-13)21-17(23)7-6-11-8-15(27-2)16(28-18(19)20)10-14(11)22(24)25/h3-10,18H,1-2H3,(H,21,23)/b7-6+. The van der Waals surface area contributed by atoms with Crippen molar-refractivity contribution in [2.45, 2.75) is 6.61 Å². The third-order valence-electron chi connectivity index (χ3n) is 3.48. The molecular formula is C18H16F2N2O6. The lowest BCUT2D eigenvalue weighted by Gasteiger charge is -2.11. The van der Waals surface area contributed by atoms with Gasteiger partial charge in [-0.05, 0) is 24.3 Å². The Kier molecular flexibility index (Phi) is 6.85. The number of nitro benzene ring substituents is 1. The van der Waals surface area contributed by atoms with E-state index < -0.39 is 28.9 Å². The predicted molar refractivity (Wildman–Crippen MR) is 96.9 cm³/mol. The fourth-order valence-electron chi connectivity index (χ4n) is 2.25. The first kappa shape index (κ1) is 20.6. The Hall–Kier alpha value is -3.69. The summed E-state index contributed by atoms with van der Waals surface area (Å²) in [6.07, 6.45) is 2.23. The molecule has 0 radical (unpaired) electrons. The van der Waals surface area contributed by atoms with Crippen LogP contribution in [0, 0.1) is 10.1 Å². The summed E-state index contributed by atoms with van der Waals surface area (Å²) in [5.41, 5.74) is -0.0899. The van der Waals surface area contributed by atoms with E-state index in [0.717, 1.165) is 18.2 Å². The molecule has 0 saturated carbocycles. The molecule has 2 aromatic rings. The molecule has 0 fully saturated rings.